The lowest BCUT2D eigenvalue weighted by molar-refractivity contribution is -0.116. The number of methoxy groups -OCH3 is 1. The molecule has 3 aromatic carbocycles. The van der Waals surface area contributed by atoms with Gasteiger partial charge < -0.3 is 15.4 Å². The smallest absolute Gasteiger partial charge is 0.163 e. The molecule has 1 aliphatic heterocycles. The summed E-state index contributed by atoms with van der Waals surface area (Å²) in [6, 6.07) is 24.3. The summed E-state index contributed by atoms with van der Waals surface area (Å²) >= 11 is 0. The Kier molecular flexibility index (Phi) is 4.99. The van der Waals surface area contributed by atoms with Gasteiger partial charge in [-0.3, -0.25) is 4.79 Å². The minimum Gasteiger partial charge on any atom is -0.496 e. The number of carbonyl (C=O) groups excluding carboxylic acids is 1. The van der Waals surface area contributed by atoms with Crippen LogP contribution in [0.15, 0.2) is 84.1 Å². The molecule has 5 rings (SSSR count). The number of nitrogens with one attached hydrogen (secondary N) is 2. The second kappa shape index (κ2) is 7.95. The van der Waals surface area contributed by atoms with Gasteiger partial charge in [0, 0.05) is 23.3 Å². The fourth-order valence-electron chi connectivity index (χ4n) is 4.70. The minimum atomic E-state index is -0.270. The fraction of sp³-hybridized carbons (Fsp3) is 0.222. The molecule has 4 nitrogen and oxygen atoms in total. The SMILES string of the molecule is COc1ccccc1[C@H]1Nc2ccccc2NC2=C1C(=O)C[C@H](c1ccc(C)cc1)C2. The summed E-state index contributed by atoms with van der Waals surface area (Å²) in [6.07, 6.45) is 1.30. The van der Waals surface area contributed by atoms with Gasteiger partial charge in [-0.25, -0.2) is 0 Å². The number of ether oxygens (including phenoxy) is 1. The van der Waals surface area contributed by atoms with E-state index in [0.717, 1.165) is 40.4 Å². The van der Waals surface area contributed by atoms with Crippen LogP contribution in [0.25, 0.3) is 0 Å². The number of rotatable bonds is 3. The van der Waals surface area contributed by atoms with Crippen molar-refractivity contribution in [2.45, 2.75) is 31.7 Å². The van der Waals surface area contributed by atoms with Gasteiger partial charge in [0.25, 0.3) is 0 Å². The lowest BCUT2D eigenvalue weighted by Crippen LogP contribution is -2.27. The fourth-order valence-corrected chi connectivity index (χ4v) is 4.70. The topological polar surface area (TPSA) is 50.4 Å². The molecule has 4 heteroatoms. The van der Waals surface area contributed by atoms with Crippen molar-refractivity contribution in [3.8, 4) is 5.75 Å². The zero-order chi connectivity index (χ0) is 21.4. The maximum atomic E-state index is 13.6. The number of ketones is 1. The third-order valence-corrected chi connectivity index (χ3v) is 6.31. The van der Waals surface area contributed by atoms with Crippen molar-refractivity contribution in [1.29, 1.82) is 0 Å². The van der Waals surface area contributed by atoms with E-state index >= 15 is 0 Å². The van der Waals surface area contributed by atoms with Crippen LogP contribution in [-0.4, -0.2) is 12.9 Å². The van der Waals surface area contributed by atoms with E-state index in [2.05, 4.69) is 47.9 Å². The molecule has 2 atom stereocenters. The molecule has 0 aromatic heterocycles. The van der Waals surface area contributed by atoms with Crippen LogP contribution < -0.4 is 15.4 Å². The third kappa shape index (κ3) is 3.59. The van der Waals surface area contributed by atoms with Crippen molar-refractivity contribution in [2.75, 3.05) is 17.7 Å². The molecule has 0 saturated carbocycles. The molecule has 0 saturated heterocycles. The Hall–Kier alpha value is -3.53. The van der Waals surface area contributed by atoms with Crippen molar-refractivity contribution in [1.82, 2.24) is 0 Å². The van der Waals surface area contributed by atoms with Crippen LogP contribution in [0, 0.1) is 6.92 Å². The van der Waals surface area contributed by atoms with Crippen LogP contribution in [0.5, 0.6) is 5.75 Å². The number of hydrogen-bond acceptors (Lipinski definition) is 4. The second-order valence-corrected chi connectivity index (χ2v) is 8.32. The number of allylic oxidation sites excluding steroid dienone is 1. The van der Waals surface area contributed by atoms with Crippen LogP contribution in [0.2, 0.25) is 0 Å². The molecule has 0 spiro atoms. The summed E-state index contributed by atoms with van der Waals surface area (Å²) in [5, 5.41) is 7.22. The number of aryl methyl sites for hydroxylation is 1. The third-order valence-electron chi connectivity index (χ3n) is 6.31. The Labute approximate surface area is 183 Å². The van der Waals surface area contributed by atoms with E-state index in [1.54, 1.807) is 7.11 Å². The molecule has 0 amide bonds. The van der Waals surface area contributed by atoms with Crippen LogP contribution in [0.4, 0.5) is 11.4 Å². The zero-order valence-corrected chi connectivity index (χ0v) is 17.8. The summed E-state index contributed by atoms with van der Waals surface area (Å²) in [4.78, 5) is 13.6. The molecule has 2 aliphatic rings. The molecule has 2 N–H and O–H groups in total. The van der Waals surface area contributed by atoms with Gasteiger partial charge in [0.1, 0.15) is 5.75 Å². The van der Waals surface area contributed by atoms with E-state index in [9.17, 15) is 4.79 Å². The molecule has 0 bridgehead atoms. The number of carbonyl (C=O) groups is 1. The van der Waals surface area contributed by atoms with E-state index in [1.165, 1.54) is 11.1 Å². The molecule has 156 valence electrons. The highest BCUT2D eigenvalue weighted by atomic mass is 16.5. The van der Waals surface area contributed by atoms with E-state index in [0.29, 0.717) is 6.42 Å². The first-order valence-electron chi connectivity index (χ1n) is 10.7. The molecule has 0 unspecified atom stereocenters. The van der Waals surface area contributed by atoms with Crippen LogP contribution >= 0.6 is 0 Å². The van der Waals surface area contributed by atoms with Crippen LogP contribution in [0.1, 0.15) is 41.5 Å². The van der Waals surface area contributed by atoms with E-state index in [4.69, 9.17) is 4.74 Å². The number of para-hydroxylation sites is 3. The summed E-state index contributed by atoms with van der Waals surface area (Å²) in [6.45, 7) is 2.09. The lowest BCUT2D eigenvalue weighted by atomic mass is 9.78. The first-order chi connectivity index (χ1) is 15.1. The Morgan fingerprint density at radius 2 is 1.58 bits per heavy atom. The average molecular weight is 411 g/mol. The maximum absolute atomic E-state index is 13.6. The molecule has 1 aliphatic carbocycles. The Morgan fingerprint density at radius 1 is 0.871 bits per heavy atom. The summed E-state index contributed by atoms with van der Waals surface area (Å²) in [5.41, 5.74) is 7.19. The van der Waals surface area contributed by atoms with Crippen LogP contribution in [0.3, 0.4) is 0 Å². The highest BCUT2D eigenvalue weighted by molar-refractivity contribution is 6.01. The van der Waals surface area contributed by atoms with Crippen molar-refractivity contribution in [2.24, 2.45) is 0 Å². The van der Waals surface area contributed by atoms with Crippen molar-refractivity contribution in [3.63, 3.8) is 0 Å². The normalized spacial score (nSPS) is 20.1. The zero-order valence-electron chi connectivity index (χ0n) is 17.8. The van der Waals surface area contributed by atoms with E-state index in [-0.39, 0.29) is 17.7 Å². The van der Waals surface area contributed by atoms with Gasteiger partial charge in [0.2, 0.25) is 0 Å². The highest BCUT2D eigenvalue weighted by Crippen LogP contribution is 2.45. The Bertz CT molecular complexity index is 1160. The van der Waals surface area contributed by atoms with Gasteiger partial charge in [0.05, 0.1) is 24.5 Å². The molecule has 31 heavy (non-hydrogen) atoms. The minimum absolute atomic E-state index is 0.169. The average Bonchev–Trinajstić information content (AvgIpc) is 2.96. The van der Waals surface area contributed by atoms with Gasteiger partial charge in [-0.2, -0.15) is 0 Å². The van der Waals surface area contributed by atoms with E-state index in [1.807, 2.05) is 42.5 Å². The van der Waals surface area contributed by atoms with Gasteiger partial charge in [-0.15, -0.1) is 0 Å². The van der Waals surface area contributed by atoms with Gasteiger partial charge in [-0.1, -0.05) is 60.2 Å². The van der Waals surface area contributed by atoms with Crippen LogP contribution in [-0.2, 0) is 4.79 Å². The molecular formula is C27H26N2O2. The molecule has 0 fully saturated rings. The summed E-state index contributed by atoms with van der Waals surface area (Å²) in [5.74, 6) is 1.12. The summed E-state index contributed by atoms with van der Waals surface area (Å²) in [7, 11) is 1.67. The molecule has 3 aromatic rings. The standard InChI is InChI=1S/C27H26N2O2/c1-17-11-13-18(14-12-17)19-15-23-26(24(30)16-19)27(20-7-3-6-10-25(20)31-2)29-22-9-5-4-8-21(22)28-23/h3-14,19,27-29H,15-16H2,1-2H3/t19-,27-/m1/s1. The number of hydrogen-bond donors (Lipinski definition) is 2. The maximum Gasteiger partial charge on any atom is 0.163 e. The van der Waals surface area contributed by atoms with Gasteiger partial charge >= 0.3 is 0 Å². The quantitative estimate of drug-likeness (QED) is 0.557. The molecule has 1 heterocycles. The first kappa shape index (κ1) is 19.4. The van der Waals surface area contributed by atoms with Gasteiger partial charge in [0.15, 0.2) is 5.78 Å². The predicted octanol–water partition coefficient (Wildman–Crippen LogP) is 5.98. The predicted molar refractivity (Wildman–Crippen MR) is 125 cm³/mol. The number of anilines is 2. The largest absolute Gasteiger partial charge is 0.496 e. The first-order valence-corrected chi connectivity index (χ1v) is 10.7. The van der Waals surface area contributed by atoms with Crippen molar-refractivity contribution >= 4 is 17.2 Å². The highest BCUT2D eigenvalue weighted by Gasteiger charge is 2.36. The lowest BCUT2D eigenvalue weighted by Gasteiger charge is -2.30. The monoisotopic (exact) mass is 410 g/mol. The number of Topliss-reactive ketones (excluding diaryl/α,β-unsaturated/α-hetero) is 1. The Morgan fingerprint density at radius 3 is 2.35 bits per heavy atom. The van der Waals surface area contributed by atoms with Crippen molar-refractivity contribution in [3.05, 3.63) is 101 Å². The summed E-state index contributed by atoms with van der Waals surface area (Å²) < 4.78 is 5.65. The second-order valence-electron chi connectivity index (χ2n) is 8.32. The van der Waals surface area contributed by atoms with Crippen molar-refractivity contribution < 1.29 is 9.53 Å². The Balaban J connectivity index is 1.62. The van der Waals surface area contributed by atoms with E-state index < -0.39 is 0 Å². The number of fused-ring (bicyclic) bond motifs is 1. The molecular weight excluding hydrogens is 384 g/mol. The van der Waals surface area contributed by atoms with Gasteiger partial charge in [-0.05, 0) is 43.0 Å². The number of benzene rings is 3. The molecule has 0 radical (unpaired) electrons.